The number of aryl methyl sites for hydroxylation is 1. The summed E-state index contributed by atoms with van der Waals surface area (Å²) in [5.41, 5.74) is 1.89. The van der Waals surface area contributed by atoms with Gasteiger partial charge in [0.25, 0.3) is 0 Å². The molecule has 0 aliphatic carbocycles. The topological polar surface area (TPSA) is 70.7 Å². The van der Waals surface area contributed by atoms with Crippen LogP contribution in [-0.4, -0.2) is 56.1 Å². The van der Waals surface area contributed by atoms with E-state index in [-0.39, 0.29) is 17.7 Å². The molecule has 0 spiro atoms. The standard InChI is InChI=1S/C20H30BrN3O3/c1-3-27-12-4-9-22-20(26)16-7-10-24(11-8-16)14-19(25)23-17-5-6-18(21)15(2)13-17/h5-6,13,16H,3-4,7-12,14H2,1-2H3,(H,22,26)(H,23,25). The van der Waals surface area contributed by atoms with Gasteiger partial charge in [-0.05, 0) is 70.0 Å². The molecule has 27 heavy (non-hydrogen) atoms. The maximum Gasteiger partial charge on any atom is 0.238 e. The van der Waals surface area contributed by atoms with Crippen LogP contribution in [0.15, 0.2) is 22.7 Å². The molecular formula is C20H30BrN3O3. The Kier molecular flexibility index (Phi) is 9.24. The summed E-state index contributed by atoms with van der Waals surface area (Å²) in [5.74, 6) is 0.155. The molecule has 7 heteroatoms. The normalized spacial score (nSPS) is 15.5. The molecular weight excluding hydrogens is 410 g/mol. The van der Waals surface area contributed by atoms with Gasteiger partial charge in [0.1, 0.15) is 0 Å². The Morgan fingerprint density at radius 2 is 2.04 bits per heavy atom. The lowest BCUT2D eigenvalue weighted by Crippen LogP contribution is -2.43. The van der Waals surface area contributed by atoms with Crippen LogP contribution in [0.2, 0.25) is 0 Å². The molecule has 0 unspecified atom stereocenters. The minimum absolute atomic E-state index is 0.0180. The summed E-state index contributed by atoms with van der Waals surface area (Å²) in [7, 11) is 0. The van der Waals surface area contributed by atoms with Gasteiger partial charge in [-0.25, -0.2) is 0 Å². The number of likely N-dealkylation sites (tertiary alicyclic amines) is 1. The monoisotopic (exact) mass is 439 g/mol. The van der Waals surface area contributed by atoms with Crippen LogP contribution in [0.5, 0.6) is 0 Å². The van der Waals surface area contributed by atoms with Crippen LogP contribution in [-0.2, 0) is 14.3 Å². The minimum atomic E-state index is -0.0180. The number of piperidine rings is 1. The summed E-state index contributed by atoms with van der Waals surface area (Å²) in [6.45, 7) is 7.90. The molecule has 1 aliphatic heterocycles. The molecule has 6 nitrogen and oxygen atoms in total. The van der Waals surface area contributed by atoms with Crippen LogP contribution in [0, 0.1) is 12.8 Å². The van der Waals surface area contributed by atoms with Crippen LogP contribution in [0.4, 0.5) is 5.69 Å². The van der Waals surface area contributed by atoms with E-state index in [1.54, 1.807) is 0 Å². The third-order valence-electron chi connectivity index (χ3n) is 4.74. The number of carbonyl (C=O) groups excluding carboxylic acids is 2. The highest BCUT2D eigenvalue weighted by atomic mass is 79.9. The number of nitrogens with zero attached hydrogens (tertiary/aromatic N) is 1. The van der Waals surface area contributed by atoms with E-state index in [2.05, 4.69) is 31.5 Å². The number of nitrogens with one attached hydrogen (secondary N) is 2. The Morgan fingerprint density at radius 3 is 2.70 bits per heavy atom. The Balaban J connectivity index is 1.66. The highest BCUT2D eigenvalue weighted by Crippen LogP contribution is 2.20. The Hall–Kier alpha value is -1.44. The van der Waals surface area contributed by atoms with Gasteiger partial charge >= 0.3 is 0 Å². The Labute approximate surface area is 170 Å². The molecule has 2 amide bonds. The fourth-order valence-corrected chi connectivity index (χ4v) is 3.40. The fourth-order valence-electron chi connectivity index (χ4n) is 3.15. The first kappa shape index (κ1) is 21.9. The second-order valence-corrected chi connectivity index (χ2v) is 7.76. The highest BCUT2D eigenvalue weighted by molar-refractivity contribution is 9.10. The van der Waals surface area contributed by atoms with Crippen molar-refractivity contribution in [3.8, 4) is 0 Å². The van der Waals surface area contributed by atoms with Crippen molar-refractivity contribution in [2.24, 2.45) is 5.92 Å². The number of carbonyl (C=O) groups is 2. The number of amides is 2. The summed E-state index contributed by atoms with van der Waals surface area (Å²) < 4.78 is 6.30. The van der Waals surface area contributed by atoms with Crippen LogP contribution >= 0.6 is 15.9 Å². The Morgan fingerprint density at radius 1 is 1.30 bits per heavy atom. The molecule has 0 bridgehead atoms. The number of ether oxygens (including phenoxy) is 1. The van der Waals surface area contributed by atoms with E-state index in [1.165, 1.54) is 0 Å². The van der Waals surface area contributed by atoms with Gasteiger partial charge in [-0.2, -0.15) is 0 Å². The van der Waals surface area contributed by atoms with Gasteiger partial charge in [-0.3, -0.25) is 14.5 Å². The largest absolute Gasteiger partial charge is 0.382 e. The summed E-state index contributed by atoms with van der Waals surface area (Å²) in [6, 6.07) is 5.77. The van der Waals surface area contributed by atoms with Crippen LogP contribution in [0.1, 0.15) is 31.7 Å². The van der Waals surface area contributed by atoms with Gasteiger partial charge in [0.05, 0.1) is 6.54 Å². The second kappa shape index (κ2) is 11.4. The predicted octanol–water partition coefficient (Wildman–Crippen LogP) is 2.95. The zero-order valence-corrected chi connectivity index (χ0v) is 17.8. The van der Waals surface area contributed by atoms with Crippen molar-refractivity contribution in [2.75, 3.05) is 44.7 Å². The predicted molar refractivity (Wildman–Crippen MR) is 111 cm³/mol. The van der Waals surface area contributed by atoms with Gasteiger partial charge in [0.2, 0.25) is 11.8 Å². The first-order valence-corrected chi connectivity index (χ1v) is 10.4. The number of benzene rings is 1. The first-order chi connectivity index (χ1) is 13.0. The molecule has 1 aromatic carbocycles. The number of rotatable bonds is 9. The average Bonchev–Trinajstić information content (AvgIpc) is 2.65. The molecule has 150 valence electrons. The van der Waals surface area contributed by atoms with E-state index in [4.69, 9.17) is 4.74 Å². The van der Waals surface area contributed by atoms with Crippen molar-refractivity contribution in [2.45, 2.75) is 33.1 Å². The van der Waals surface area contributed by atoms with Crippen molar-refractivity contribution in [3.63, 3.8) is 0 Å². The van der Waals surface area contributed by atoms with E-state index in [1.807, 2.05) is 32.0 Å². The van der Waals surface area contributed by atoms with E-state index in [9.17, 15) is 9.59 Å². The van der Waals surface area contributed by atoms with Crippen LogP contribution in [0.3, 0.4) is 0 Å². The average molecular weight is 440 g/mol. The maximum absolute atomic E-state index is 12.3. The maximum atomic E-state index is 12.3. The van der Waals surface area contributed by atoms with E-state index >= 15 is 0 Å². The lowest BCUT2D eigenvalue weighted by molar-refractivity contribution is -0.126. The third kappa shape index (κ3) is 7.60. The minimum Gasteiger partial charge on any atom is -0.382 e. The summed E-state index contributed by atoms with van der Waals surface area (Å²) in [6.07, 6.45) is 2.43. The summed E-state index contributed by atoms with van der Waals surface area (Å²) >= 11 is 3.46. The number of hydrogen-bond donors (Lipinski definition) is 2. The van der Waals surface area contributed by atoms with Crippen molar-refractivity contribution in [3.05, 3.63) is 28.2 Å². The zero-order chi connectivity index (χ0) is 19.6. The first-order valence-electron chi connectivity index (χ1n) is 9.63. The van der Waals surface area contributed by atoms with Gasteiger partial charge in [0.15, 0.2) is 0 Å². The molecule has 1 saturated heterocycles. The molecule has 2 rings (SSSR count). The molecule has 0 saturated carbocycles. The van der Waals surface area contributed by atoms with Crippen molar-refractivity contribution in [1.82, 2.24) is 10.2 Å². The summed E-state index contributed by atoms with van der Waals surface area (Å²) in [5, 5.41) is 5.93. The number of anilines is 1. The molecule has 2 N–H and O–H groups in total. The molecule has 0 aromatic heterocycles. The lowest BCUT2D eigenvalue weighted by atomic mass is 9.96. The smallest absolute Gasteiger partial charge is 0.238 e. The molecule has 1 aromatic rings. The molecule has 0 atom stereocenters. The van der Waals surface area contributed by atoms with E-state index in [0.717, 1.165) is 48.1 Å². The lowest BCUT2D eigenvalue weighted by Gasteiger charge is -2.30. The van der Waals surface area contributed by atoms with Gasteiger partial charge in [-0.15, -0.1) is 0 Å². The molecule has 1 aliphatic rings. The SMILES string of the molecule is CCOCCCNC(=O)C1CCN(CC(=O)Nc2ccc(Br)c(C)c2)CC1. The number of halogens is 1. The molecule has 1 fully saturated rings. The van der Waals surface area contributed by atoms with Gasteiger partial charge in [0, 0.05) is 35.8 Å². The second-order valence-electron chi connectivity index (χ2n) is 6.90. The van der Waals surface area contributed by atoms with Crippen molar-refractivity contribution in [1.29, 1.82) is 0 Å². The van der Waals surface area contributed by atoms with Crippen molar-refractivity contribution >= 4 is 33.4 Å². The van der Waals surface area contributed by atoms with Gasteiger partial charge in [-0.1, -0.05) is 15.9 Å². The molecule has 1 heterocycles. The zero-order valence-electron chi connectivity index (χ0n) is 16.2. The van der Waals surface area contributed by atoms with Gasteiger partial charge < -0.3 is 15.4 Å². The quantitative estimate of drug-likeness (QED) is 0.580. The van der Waals surface area contributed by atoms with E-state index < -0.39 is 0 Å². The number of hydrogen-bond acceptors (Lipinski definition) is 4. The van der Waals surface area contributed by atoms with Crippen LogP contribution in [0.25, 0.3) is 0 Å². The summed E-state index contributed by atoms with van der Waals surface area (Å²) in [4.78, 5) is 26.6. The third-order valence-corrected chi connectivity index (χ3v) is 5.63. The Bertz CT molecular complexity index is 631. The highest BCUT2D eigenvalue weighted by Gasteiger charge is 2.25. The van der Waals surface area contributed by atoms with Crippen LogP contribution < -0.4 is 10.6 Å². The van der Waals surface area contributed by atoms with E-state index in [0.29, 0.717) is 26.3 Å². The van der Waals surface area contributed by atoms with Crippen molar-refractivity contribution < 1.29 is 14.3 Å². The molecule has 0 radical (unpaired) electrons. The fraction of sp³-hybridized carbons (Fsp3) is 0.600.